The van der Waals surface area contributed by atoms with Crippen molar-refractivity contribution < 1.29 is 4.92 Å². The Morgan fingerprint density at radius 3 is 2.36 bits per heavy atom. The van der Waals surface area contributed by atoms with E-state index in [1.165, 1.54) is 18.2 Å². The first-order chi connectivity index (χ1) is 13.6. The Balaban J connectivity index is 1.86. The summed E-state index contributed by atoms with van der Waals surface area (Å²) in [5, 5.41) is 11.4. The van der Waals surface area contributed by atoms with Gasteiger partial charge in [-0.1, -0.05) is 18.2 Å². The van der Waals surface area contributed by atoms with Crippen LogP contribution in [-0.2, 0) is 0 Å². The van der Waals surface area contributed by atoms with Gasteiger partial charge in [-0.3, -0.25) is 19.5 Å². The minimum Gasteiger partial charge on any atom is -0.289 e. The minimum absolute atomic E-state index is 0.0254. The second-order valence-corrected chi connectivity index (χ2v) is 6.02. The number of nitrogens with zero attached hydrogens (tertiary/aromatic N) is 4. The molecular weight excluding hydrogens is 356 g/mol. The maximum absolute atomic E-state index is 12.6. The molecule has 0 radical (unpaired) electrons. The highest BCUT2D eigenvalue weighted by molar-refractivity contribution is 5.83. The molecule has 2 heterocycles. The highest BCUT2D eigenvalue weighted by Gasteiger charge is 2.11. The zero-order chi connectivity index (χ0) is 19.5. The normalized spacial score (nSPS) is 11.1. The van der Waals surface area contributed by atoms with Crippen molar-refractivity contribution >= 4 is 28.7 Å². The standard InChI is InChI=1S/C21H14N4O3/c26-20-14-17(11-8-15-6-9-16(10-7-15)25(27)28)24(21-22-12-3-13-23-21)19-5-2-1-4-18(19)20/h1-14H/b11-8+. The Morgan fingerprint density at radius 2 is 1.64 bits per heavy atom. The van der Waals surface area contributed by atoms with Gasteiger partial charge in [-0.15, -0.1) is 0 Å². The lowest BCUT2D eigenvalue weighted by atomic mass is 10.1. The Kier molecular flexibility index (Phi) is 4.47. The van der Waals surface area contributed by atoms with Gasteiger partial charge in [-0.2, -0.15) is 0 Å². The average molecular weight is 370 g/mol. The molecule has 7 nitrogen and oxygen atoms in total. The van der Waals surface area contributed by atoms with E-state index < -0.39 is 4.92 Å². The first-order valence-corrected chi connectivity index (χ1v) is 8.48. The Morgan fingerprint density at radius 1 is 0.929 bits per heavy atom. The molecule has 0 atom stereocenters. The summed E-state index contributed by atoms with van der Waals surface area (Å²) >= 11 is 0. The average Bonchev–Trinajstić information content (AvgIpc) is 2.73. The number of nitro groups is 1. The predicted molar refractivity (Wildman–Crippen MR) is 107 cm³/mol. The van der Waals surface area contributed by atoms with E-state index in [1.54, 1.807) is 53.4 Å². The third kappa shape index (κ3) is 3.28. The molecule has 4 rings (SSSR count). The molecule has 0 spiro atoms. The van der Waals surface area contributed by atoms with Gasteiger partial charge in [0.05, 0.1) is 16.1 Å². The number of rotatable bonds is 4. The van der Waals surface area contributed by atoms with Gasteiger partial charge in [0, 0.05) is 36.0 Å². The van der Waals surface area contributed by atoms with Crippen molar-refractivity contribution in [1.29, 1.82) is 0 Å². The van der Waals surface area contributed by atoms with Crippen LogP contribution in [0.1, 0.15) is 11.3 Å². The summed E-state index contributed by atoms with van der Waals surface area (Å²) < 4.78 is 1.80. The van der Waals surface area contributed by atoms with E-state index in [4.69, 9.17) is 0 Å². The largest absolute Gasteiger partial charge is 0.289 e. The molecule has 0 saturated carbocycles. The van der Waals surface area contributed by atoms with Crippen molar-refractivity contribution in [2.75, 3.05) is 0 Å². The van der Waals surface area contributed by atoms with Gasteiger partial charge in [0.25, 0.3) is 5.69 Å². The lowest BCUT2D eigenvalue weighted by Gasteiger charge is -2.13. The van der Waals surface area contributed by atoms with Crippen LogP contribution in [0.3, 0.4) is 0 Å². The van der Waals surface area contributed by atoms with Crippen LogP contribution in [0.25, 0.3) is 29.0 Å². The number of nitro benzene ring substituents is 1. The quantitative estimate of drug-likeness (QED) is 0.402. The fraction of sp³-hybridized carbons (Fsp3) is 0. The van der Waals surface area contributed by atoms with Crippen molar-refractivity contribution in [3.8, 4) is 5.95 Å². The number of benzene rings is 2. The van der Waals surface area contributed by atoms with Gasteiger partial charge >= 0.3 is 0 Å². The van der Waals surface area contributed by atoms with Crippen molar-refractivity contribution in [1.82, 2.24) is 14.5 Å². The van der Waals surface area contributed by atoms with Crippen LogP contribution in [0.15, 0.2) is 77.9 Å². The summed E-state index contributed by atoms with van der Waals surface area (Å²) in [6.45, 7) is 0. The monoisotopic (exact) mass is 370 g/mol. The van der Waals surface area contributed by atoms with Gasteiger partial charge in [0.1, 0.15) is 0 Å². The Bertz CT molecular complexity index is 1250. The Hall–Kier alpha value is -4.13. The lowest BCUT2D eigenvalue weighted by Crippen LogP contribution is -2.12. The Labute approximate surface area is 159 Å². The molecule has 0 unspecified atom stereocenters. The molecule has 136 valence electrons. The van der Waals surface area contributed by atoms with E-state index >= 15 is 0 Å². The number of hydrogen-bond donors (Lipinski definition) is 0. The molecule has 28 heavy (non-hydrogen) atoms. The zero-order valence-corrected chi connectivity index (χ0v) is 14.6. The first-order valence-electron chi connectivity index (χ1n) is 8.48. The molecule has 0 saturated heterocycles. The van der Waals surface area contributed by atoms with E-state index in [-0.39, 0.29) is 11.1 Å². The molecule has 0 fully saturated rings. The number of pyridine rings is 1. The molecular formula is C21H14N4O3. The zero-order valence-electron chi connectivity index (χ0n) is 14.6. The van der Waals surface area contributed by atoms with E-state index in [9.17, 15) is 14.9 Å². The molecule has 7 heteroatoms. The van der Waals surface area contributed by atoms with Crippen molar-refractivity contribution in [3.63, 3.8) is 0 Å². The number of para-hydroxylation sites is 1. The molecule has 0 aliphatic heterocycles. The summed E-state index contributed by atoms with van der Waals surface area (Å²) in [4.78, 5) is 31.5. The highest BCUT2D eigenvalue weighted by Crippen LogP contribution is 2.19. The summed E-state index contributed by atoms with van der Waals surface area (Å²) in [5.41, 5.74) is 1.99. The third-order valence-electron chi connectivity index (χ3n) is 4.25. The topological polar surface area (TPSA) is 90.9 Å². The van der Waals surface area contributed by atoms with Crippen LogP contribution in [0.2, 0.25) is 0 Å². The second-order valence-electron chi connectivity index (χ2n) is 6.02. The summed E-state index contributed by atoms with van der Waals surface area (Å²) in [7, 11) is 0. The van der Waals surface area contributed by atoms with E-state index in [1.807, 2.05) is 18.2 Å². The molecule has 0 N–H and O–H groups in total. The van der Waals surface area contributed by atoms with E-state index in [0.717, 1.165) is 5.56 Å². The smallest absolute Gasteiger partial charge is 0.269 e. The molecule has 2 aromatic carbocycles. The van der Waals surface area contributed by atoms with E-state index in [0.29, 0.717) is 22.5 Å². The molecule has 4 aromatic rings. The molecule has 2 aromatic heterocycles. The van der Waals surface area contributed by atoms with Gasteiger partial charge in [-0.05, 0) is 42.0 Å². The number of non-ortho nitro benzene ring substituents is 1. The van der Waals surface area contributed by atoms with Crippen molar-refractivity contribution in [2.45, 2.75) is 0 Å². The fourth-order valence-electron chi connectivity index (χ4n) is 2.93. The molecule has 0 bridgehead atoms. The molecule has 0 amide bonds. The third-order valence-corrected chi connectivity index (χ3v) is 4.25. The predicted octanol–water partition coefficient (Wildman–Crippen LogP) is 3.86. The van der Waals surface area contributed by atoms with Crippen LogP contribution in [0, 0.1) is 10.1 Å². The highest BCUT2D eigenvalue weighted by atomic mass is 16.6. The van der Waals surface area contributed by atoms with Crippen LogP contribution < -0.4 is 5.43 Å². The van der Waals surface area contributed by atoms with Crippen LogP contribution >= 0.6 is 0 Å². The number of aromatic nitrogens is 3. The van der Waals surface area contributed by atoms with E-state index in [2.05, 4.69) is 9.97 Å². The van der Waals surface area contributed by atoms with Gasteiger partial charge in [0.2, 0.25) is 5.95 Å². The summed E-state index contributed by atoms with van der Waals surface area (Å²) in [6, 6.07) is 16.7. The number of fused-ring (bicyclic) bond motifs is 1. The van der Waals surface area contributed by atoms with Gasteiger partial charge in [-0.25, -0.2) is 9.97 Å². The molecule has 0 aliphatic carbocycles. The van der Waals surface area contributed by atoms with Crippen LogP contribution in [-0.4, -0.2) is 19.5 Å². The lowest BCUT2D eigenvalue weighted by molar-refractivity contribution is -0.384. The van der Waals surface area contributed by atoms with Gasteiger partial charge in [0.15, 0.2) is 5.43 Å². The van der Waals surface area contributed by atoms with Crippen molar-refractivity contribution in [2.24, 2.45) is 0 Å². The first kappa shape index (κ1) is 17.3. The van der Waals surface area contributed by atoms with Crippen LogP contribution in [0.4, 0.5) is 5.69 Å². The maximum atomic E-state index is 12.6. The molecule has 0 aliphatic rings. The SMILES string of the molecule is O=c1cc(/C=C/c2ccc([N+](=O)[O-])cc2)n(-c2ncccn2)c2ccccc12. The van der Waals surface area contributed by atoms with Crippen LogP contribution in [0.5, 0.6) is 0 Å². The number of hydrogen-bond acceptors (Lipinski definition) is 5. The van der Waals surface area contributed by atoms with Crippen molar-refractivity contribution in [3.05, 3.63) is 105 Å². The fourth-order valence-corrected chi connectivity index (χ4v) is 2.93. The second kappa shape index (κ2) is 7.24. The maximum Gasteiger partial charge on any atom is 0.269 e. The van der Waals surface area contributed by atoms with Gasteiger partial charge < -0.3 is 0 Å². The minimum atomic E-state index is -0.443. The summed E-state index contributed by atoms with van der Waals surface area (Å²) in [5.74, 6) is 0.446. The summed E-state index contributed by atoms with van der Waals surface area (Å²) in [6.07, 6.45) is 6.83.